The summed E-state index contributed by atoms with van der Waals surface area (Å²) < 4.78 is 47.9. The van der Waals surface area contributed by atoms with E-state index in [-0.39, 0.29) is 18.3 Å². The van der Waals surface area contributed by atoms with Crippen LogP contribution in [-0.4, -0.2) is 44.7 Å². The van der Waals surface area contributed by atoms with Crippen molar-refractivity contribution in [1.29, 1.82) is 0 Å². The Labute approximate surface area is 264 Å². The number of fused-ring (bicyclic) bond motifs is 3. The van der Waals surface area contributed by atoms with Gasteiger partial charge in [0, 0.05) is 28.0 Å². The summed E-state index contributed by atoms with van der Waals surface area (Å²) in [5.41, 5.74) is 4.96. The molecule has 2 unspecified atom stereocenters. The summed E-state index contributed by atoms with van der Waals surface area (Å²) >= 11 is 14.2. The largest absolute Gasteiger partial charge is 0.573 e. The van der Waals surface area contributed by atoms with Crippen LogP contribution in [0.3, 0.4) is 0 Å². The summed E-state index contributed by atoms with van der Waals surface area (Å²) in [7, 11) is 0. The van der Waals surface area contributed by atoms with Crippen LogP contribution >= 0.6 is 35.0 Å². The average molecular weight is 661 g/mol. The summed E-state index contributed by atoms with van der Waals surface area (Å²) in [6.45, 7) is 2.02. The van der Waals surface area contributed by atoms with Crippen molar-refractivity contribution in [3.63, 3.8) is 0 Å². The predicted molar refractivity (Wildman–Crippen MR) is 164 cm³/mol. The number of allylic oxidation sites excluding steroid dienone is 1. The molecule has 0 radical (unpaired) electrons. The molecule has 4 aromatic rings. The van der Waals surface area contributed by atoms with Gasteiger partial charge in [0.25, 0.3) is 0 Å². The first-order valence-electron chi connectivity index (χ1n) is 13.2. The molecule has 2 atom stereocenters. The summed E-state index contributed by atoms with van der Waals surface area (Å²) in [5.74, 6) is 0.974. The minimum atomic E-state index is -4.77. The Kier molecular flexibility index (Phi) is 8.32. The Morgan fingerprint density at radius 3 is 2.61 bits per heavy atom. The molecule has 0 spiro atoms. The van der Waals surface area contributed by atoms with Gasteiger partial charge in [-0.3, -0.25) is 4.90 Å². The molecule has 8 nitrogen and oxygen atoms in total. The second-order valence-corrected chi connectivity index (χ2v) is 11.8. The van der Waals surface area contributed by atoms with Crippen molar-refractivity contribution in [2.75, 3.05) is 17.3 Å². The molecule has 0 N–H and O–H groups in total. The number of thioether (sulfide) groups is 1. The molecule has 3 aromatic carbocycles. The topological polar surface area (TPSA) is 81.8 Å². The number of carbonyl (C=O) groups excluding carboxylic acids is 1. The van der Waals surface area contributed by atoms with E-state index in [1.165, 1.54) is 47.0 Å². The van der Waals surface area contributed by atoms with Crippen LogP contribution in [0.15, 0.2) is 89.8 Å². The van der Waals surface area contributed by atoms with Crippen molar-refractivity contribution < 1.29 is 27.4 Å². The lowest BCUT2D eigenvalue weighted by atomic mass is 9.94. The van der Waals surface area contributed by atoms with E-state index in [9.17, 15) is 18.0 Å². The van der Waals surface area contributed by atoms with Crippen molar-refractivity contribution >= 4 is 51.9 Å². The number of halogens is 5. The number of hydrogen-bond acceptors (Lipinski definition) is 6. The van der Waals surface area contributed by atoms with Crippen molar-refractivity contribution in [2.24, 2.45) is 4.99 Å². The van der Waals surface area contributed by atoms with Crippen molar-refractivity contribution in [3.05, 3.63) is 101 Å². The van der Waals surface area contributed by atoms with Crippen molar-refractivity contribution in [3.8, 4) is 22.8 Å². The highest BCUT2D eigenvalue weighted by molar-refractivity contribution is 8.14. The molecule has 0 saturated carbocycles. The Hall–Kier alpha value is -4.00. The first-order valence-corrected chi connectivity index (χ1v) is 15.0. The fraction of sp³-hybridized carbons (Fsp3) is 0.200. The first-order chi connectivity index (χ1) is 21.0. The van der Waals surface area contributed by atoms with E-state index in [2.05, 4.69) is 32.8 Å². The molecule has 2 aliphatic heterocycles. The molecular weight excluding hydrogens is 638 g/mol. The number of anilines is 1. The van der Waals surface area contributed by atoms with Crippen LogP contribution in [0.2, 0.25) is 5.02 Å². The van der Waals surface area contributed by atoms with E-state index in [1.54, 1.807) is 24.3 Å². The highest BCUT2D eigenvalue weighted by atomic mass is 35.5. The highest BCUT2D eigenvalue weighted by Crippen LogP contribution is 2.43. The van der Waals surface area contributed by atoms with Gasteiger partial charge in [0.1, 0.15) is 18.7 Å². The van der Waals surface area contributed by atoms with Crippen molar-refractivity contribution in [1.82, 2.24) is 14.8 Å². The maximum absolute atomic E-state index is 12.7. The first kappa shape index (κ1) is 30.0. The molecule has 14 heteroatoms. The van der Waals surface area contributed by atoms with Crippen LogP contribution in [0.5, 0.6) is 5.75 Å². The number of ether oxygens (including phenoxy) is 2. The van der Waals surface area contributed by atoms with Gasteiger partial charge in [0.2, 0.25) is 0 Å². The Morgan fingerprint density at radius 2 is 1.89 bits per heavy atom. The van der Waals surface area contributed by atoms with Crippen molar-refractivity contribution in [2.45, 2.75) is 24.6 Å². The number of alkyl halides is 4. The van der Waals surface area contributed by atoms with E-state index in [0.717, 1.165) is 16.9 Å². The standard InChI is InChI=1S/C30H22Cl2F3N5O3S/c1-17-12-22-15-44-28(40(22)26-13-20(31)6-11-24(17)26)37-29(41)42-14-25(32)18-2-4-19(5-3-18)27-36-16-39(38-27)21-7-9-23(10-8-21)43-30(33,34)35/h2-13,16-17,25H,14-15H2,1H3. The van der Waals surface area contributed by atoms with Gasteiger partial charge in [-0.15, -0.1) is 29.9 Å². The molecule has 0 bridgehead atoms. The van der Waals surface area contributed by atoms with Gasteiger partial charge < -0.3 is 9.47 Å². The lowest BCUT2D eigenvalue weighted by molar-refractivity contribution is -0.274. The molecule has 1 aromatic heterocycles. The van der Waals surface area contributed by atoms with Gasteiger partial charge in [0.15, 0.2) is 11.0 Å². The predicted octanol–water partition coefficient (Wildman–Crippen LogP) is 8.51. The van der Waals surface area contributed by atoms with Crippen LogP contribution in [0.1, 0.15) is 29.3 Å². The lowest BCUT2D eigenvalue weighted by Gasteiger charge is -2.29. The third-order valence-electron chi connectivity index (χ3n) is 6.89. The molecule has 3 heterocycles. The quantitative estimate of drug-likeness (QED) is 0.192. The Balaban J connectivity index is 1.07. The fourth-order valence-corrected chi connectivity index (χ4v) is 6.20. The summed E-state index contributed by atoms with van der Waals surface area (Å²) in [4.78, 5) is 23.1. The molecule has 226 valence electrons. The maximum atomic E-state index is 12.7. The number of hydrogen-bond donors (Lipinski definition) is 0. The van der Waals surface area contributed by atoms with E-state index in [4.69, 9.17) is 27.9 Å². The number of rotatable bonds is 6. The third kappa shape index (κ3) is 6.57. The van der Waals surface area contributed by atoms with Gasteiger partial charge in [-0.2, -0.15) is 4.99 Å². The minimum absolute atomic E-state index is 0.0930. The fourth-order valence-electron chi connectivity index (χ4n) is 4.84. The number of aromatic nitrogens is 3. The zero-order chi connectivity index (χ0) is 31.0. The van der Waals surface area contributed by atoms with Crippen LogP contribution in [0.4, 0.5) is 23.7 Å². The Bertz CT molecular complexity index is 1760. The molecule has 0 aliphatic carbocycles. The second-order valence-electron chi connectivity index (χ2n) is 9.89. The number of benzene rings is 3. The van der Waals surface area contributed by atoms with Crippen LogP contribution < -0.4 is 9.64 Å². The molecule has 44 heavy (non-hydrogen) atoms. The molecule has 1 saturated heterocycles. The number of amidine groups is 1. The average Bonchev–Trinajstić information content (AvgIpc) is 3.63. The smallest absolute Gasteiger partial charge is 0.446 e. The van der Waals surface area contributed by atoms with Gasteiger partial charge in [-0.05, 0) is 47.5 Å². The zero-order valence-corrected chi connectivity index (χ0v) is 25.2. The van der Waals surface area contributed by atoms with Crippen LogP contribution in [0, 0.1) is 0 Å². The molecular formula is C30H22Cl2F3N5O3S. The second kappa shape index (κ2) is 12.2. The molecule has 2 aliphatic rings. The monoisotopic (exact) mass is 659 g/mol. The molecule has 1 amide bonds. The highest BCUT2D eigenvalue weighted by Gasteiger charge is 2.34. The van der Waals surface area contributed by atoms with E-state index < -0.39 is 17.8 Å². The molecule has 1 fully saturated rings. The van der Waals surface area contributed by atoms with E-state index in [1.807, 2.05) is 23.1 Å². The lowest BCUT2D eigenvalue weighted by Crippen LogP contribution is -2.27. The van der Waals surface area contributed by atoms with Crippen LogP contribution in [-0.2, 0) is 4.74 Å². The summed E-state index contributed by atoms with van der Waals surface area (Å²) in [6, 6.07) is 18.1. The zero-order valence-electron chi connectivity index (χ0n) is 22.8. The number of amides is 1. The number of aliphatic imine (C=N–C) groups is 1. The number of carbonyl (C=O) groups is 1. The van der Waals surface area contributed by atoms with E-state index >= 15 is 0 Å². The van der Waals surface area contributed by atoms with Gasteiger partial charge in [-0.25, -0.2) is 14.5 Å². The molecule has 6 rings (SSSR count). The third-order valence-corrected chi connectivity index (χ3v) is 8.48. The SMILES string of the molecule is CC1C=C2CSC(=NC(=O)OCC(Cl)c3ccc(-c4ncn(-c5ccc(OC(F)(F)F)cc5)n4)cc3)N2c2cc(Cl)ccc21. The Morgan fingerprint density at radius 1 is 1.14 bits per heavy atom. The normalized spacial score (nSPS) is 17.6. The van der Waals surface area contributed by atoms with Crippen LogP contribution in [0.25, 0.3) is 17.1 Å². The van der Waals surface area contributed by atoms with Gasteiger partial charge >= 0.3 is 12.5 Å². The summed E-state index contributed by atoms with van der Waals surface area (Å²) in [6.07, 6.45) is -1.90. The van der Waals surface area contributed by atoms with Gasteiger partial charge in [0.05, 0.1) is 16.8 Å². The van der Waals surface area contributed by atoms with E-state index in [0.29, 0.717) is 38.6 Å². The summed E-state index contributed by atoms with van der Waals surface area (Å²) in [5, 5.41) is 4.89. The maximum Gasteiger partial charge on any atom is 0.573 e. The number of nitrogens with zero attached hydrogens (tertiary/aromatic N) is 5. The van der Waals surface area contributed by atoms with Gasteiger partial charge in [-0.1, -0.05) is 66.7 Å². The minimum Gasteiger partial charge on any atom is -0.446 e.